The second-order valence-corrected chi connectivity index (χ2v) is 12.3. The smallest absolute Gasteiger partial charge is 0.243 e. The number of carbonyl (C=O) groups is 2. The monoisotopic (exact) mass is 541 g/mol. The fourth-order valence-electron chi connectivity index (χ4n) is 5.20. The predicted octanol–water partition coefficient (Wildman–Crippen LogP) is 4.97. The molecule has 208 valence electrons. The number of anilines is 1. The van der Waals surface area contributed by atoms with Gasteiger partial charge in [0, 0.05) is 25.6 Å². The molecule has 1 aliphatic rings. The van der Waals surface area contributed by atoms with Crippen molar-refractivity contribution in [3.8, 4) is 0 Å². The van der Waals surface area contributed by atoms with Crippen LogP contribution in [0, 0.1) is 6.92 Å². The largest absolute Gasteiger partial charge is 0.352 e. The number of nitrogens with zero attached hydrogens (tertiary/aromatic N) is 2. The number of aryl methyl sites for hydroxylation is 2. The standard InChI is InChI=1S/C30H43N3O4S/c1-5-24-16-18-27(19-17-24)33(38(4,36)37)20-10-15-29(34)32(22-25-12-9-11-23(3)21-25)28(6-2)30(35)31-26-13-7-8-14-26/h9,11-12,16-19,21,26,28H,5-8,10,13-15,20,22H2,1-4H3,(H,31,35). The molecule has 0 heterocycles. The average Bonchev–Trinajstić information content (AvgIpc) is 3.39. The minimum absolute atomic E-state index is 0.103. The van der Waals surface area contributed by atoms with Crippen LogP contribution in [0.1, 0.15) is 75.5 Å². The Morgan fingerprint density at radius 3 is 2.29 bits per heavy atom. The topological polar surface area (TPSA) is 86.8 Å². The molecule has 1 aliphatic carbocycles. The second-order valence-electron chi connectivity index (χ2n) is 10.4. The maximum Gasteiger partial charge on any atom is 0.243 e. The lowest BCUT2D eigenvalue weighted by Crippen LogP contribution is -2.51. The molecule has 3 rings (SSSR count). The minimum Gasteiger partial charge on any atom is -0.352 e. The van der Waals surface area contributed by atoms with Gasteiger partial charge in [-0.25, -0.2) is 8.42 Å². The summed E-state index contributed by atoms with van der Waals surface area (Å²) in [5.41, 5.74) is 3.79. The van der Waals surface area contributed by atoms with E-state index in [0.717, 1.165) is 48.8 Å². The second kappa shape index (κ2) is 13.8. The van der Waals surface area contributed by atoms with Gasteiger partial charge in [0.1, 0.15) is 6.04 Å². The molecule has 2 aromatic carbocycles. The Morgan fingerprint density at radius 1 is 1.03 bits per heavy atom. The normalized spacial score (nSPS) is 14.7. The van der Waals surface area contributed by atoms with Crippen molar-refractivity contribution in [1.29, 1.82) is 0 Å². The highest BCUT2D eigenvalue weighted by Gasteiger charge is 2.30. The number of benzene rings is 2. The lowest BCUT2D eigenvalue weighted by molar-refractivity contribution is -0.141. The number of carbonyl (C=O) groups excluding carboxylic acids is 2. The van der Waals surface area contributed by atoms with Crippen molar-refractivity contribution < 1.29 is 18.0 Å². The molecule has 2 aromatic rings. The fourth-order valence-corrected chi connectivity index (χ4v) is 6.16. The maximum atomic E-state index is 13.6. The molecule has 0 bridgehead atoms. The van der Waals surface area contributed by atoms with Crippen LogP contribution in [0.2, 0.25) is 0 Å². The van der Waals surface area contributed by atoms with E-state index >= 15 is 0 Å². The van der Waals surface area contributed by atoms with Crippen LogP contribution in [0.3, 0.4) is 0 Å². The Labute approximate surface area is 228 Å². The third-order valence-electron chi connectivity index (χ3n) is 7.31. The molecule has 7 nitrogen and oxygen atoms in total. The van der Waals surface area contributed by atoms with Gasteiger partial charge < -0.3 is 10.2 Å². The summed E-state index contributed by atoms with van der Waals surface area (Å²) in [6.45, 7) is 6.52. The van der Waals surface area contributed by atoms with Crippen LogP contribution in [0.25, 0.3) is 0 Å². The number of nitrogens with one attached hydrogen (secondary N) is 1. The van der Waals surface area contributed by atoms with Crippen molar-refractivity contribution in [2.45, 2.75) is 90.8 Å². The molecular formula is C30H43N3O4S. The van der Waals surface area contributed by atoms with E-state index in [1.165, 1.54) is 10.6 Å². The Morgan fingerprint density at radius 2 is 1.71 bits per heavy atom. The van der Waals surface area contributed by atoms with Crippen LogP contribution < -0.4 is 9.62 Å². The summed E-state index contributed by atoms with van der Waals surface area (Å²) >= 11 is 0. The lowest BCUT2D eigenvalue weighted by Gasteiger charge is -2.32. The third kappa shape index (κ3) is 8.32. The molecule has 1 unspecified atom stereocenters. The number of sulfonamides is 1. The summed E-state index contributed by atoms with van der Waals surface area (Å²) in [5.74, 6) is -0.246. The number of rotatable bonds is 13. The third-order valence-corrected chi connectivity index (χ3v) is 8.50. The zero-order valence-corrected chi connectivity index (χ0v) is 24.1. The van der Waals surface area contributed by atoms with Crippen LogP contribution in [0.15, 0.2) is 48.5 Å². The van der Waals surface area contributed by atoms with Gasteiger partial charge in [0.05, 0.1) is 11.9 Å². The van der Waals surface area contributed by atoms with Crippen molar-refractivity contribution in [1.82, 2.24) is 10.2 Å². The molecule has 1 atom stereocenters. The summed E-state index contributed by atoms with van der Waals surface area (Å²) in [5, 5.41) is 3.17. The Kier molecular flexibility index (Phi) is 10.8. The molecule has 2 amide bonds. The minimum atomic E-state index is -3.51. The summed E-state index contributed by atoms with van der Waals surface area (Å²) in [6, 6.07) is 15.1. The van der Waals surface area contributed by atoms with E-state index in [4.69, 9.17) is 0 Å². The van der Waals surface area contributed by atoms with Gasteiger partial charge in [-0.15, -0.1) is 0 Å². The van der Waals surface area contributed by atoms with Crippen LogP contribution in [-0.2, 0) is 32.6 Å². The van der Waals surface area contributed by atoms with Gasteiger partial charge in [-0.2, -0.15) is 0 Å². The SMILES string of the molecule is CCc1ccc(N(CCCC(=O)N(Cc2cccc(C)c2)C(CC)C(=O)NC2CCCC2)S(C)(=O)=O)cc1. The first-order valence-corrected chi connectivity index (χ1v) is 15.7. The van der Waals surface area contributed by atoms with Crippen molar-refractivity contribution in [3.63, 3.8) is 0 Å². The van der Waals surface area contributed by atoms with Crippen molar-refractivity contribution in [3.05, 3.63) is 65.2 Å². The molecule has 0 spiro atoms. The number of hydrogen-bond acceptors (Lipinski definition) is 4. The summed E-state index contributed by atoms with van der Waals surface area (Å²) < 4.78 is 26.5. The van der Waals surface area contributed by atoms with Gasteiger partial charge in [0.25, 0.3) is 0 Å². The van der Waals surface area contributed by atoms with Crippen LogP contribution in [0.5, 0.6) is 0 Å². The molecule has 0 aromatic heterocycles. The Balaban J connectivity index is 1.75. The maximum absolute atomic E-state index is 13.6. The molecule has 8 heteroatoms. The Hall–Kier alpha value is -2.87. The first-order valence-electron chi connectivity index (χ1n) is 13.8. The number of amides is 2. The molecule has 0 aliphatic heterocycles. The van der Waals surface area contributed by atoms with Crippen LogP contribution in [0.4, 0.5) is 5.69 Å². The van der Waals surface area contributed by atoms with E-state index in [2.05, 4.69) is 12.2 Å². The van der Waals surface area contributed by atoms with Gasteiger partial charge in [-0.3, -0.25) is 13.9 Å². The molecule has 0 saturated heterocycles. The highest BCUT2D eigenvalue weighted by atomic mass is 32.2. The molecule has 1 fully saturated rings. The van der Waals surface area contributed by atoms with Crippen LogP contribution in [-0.4, -0.2) is 50.0 Å². The van der Waals surface area contributed by atoms with Crippen LogP contribution >= 0.6 is 0 Å². The highest BCUT2D eigenvalue weighted by Crippen LogP contribution is 2.22. The predicted molar refractivity (Wildman–Crippen MR) is 153 cm³/mol. The van der Waals surface area contributed by atoms with Gasteiger partial charge in [0.2, 0.25) is 21.8 Å². The van der Waals surface area contributed by atoms with Gasteiger partial charge in [-0.1, -0.05) is 68.7 Å². The first kappa shape index (κ1) is 29.7. The molecular weight excluding hydrogens is 498 g/mol. The van der Waals surface area contributed by atoms with E-state index in [1.54, 1.807) is 4.90 Å². The van der Waals surface area contributed by atoms with Gasteiger partial charge in [-0.05, 0) is 62.3 Å². The quantitative estimate of drug-likeness (QED) is 0.388. The highest BCUT2D eigenvalue weighted by molar-refractivity contribution is 7.92. The van der Waals surface area contributed by atoms with Crippen molar-refractivity contribution in [2.75, 3.05) is 17.1 Å². The van der Waals surface area contributed by atoms with Gasteiger partial charge >= 0.3 is 0 Å². The number of hydrogen-bond donors (Lipinski definition) is 1. The first-order chi connectivity index (χ1) is 18.1. The lowest BCUT2D eigenvalue weighted by atomic mass is 10.1. The zero-order chi connectivity index (χ0) is 27.7. The van der Waals surface area contributed by atoms with E-state index in [1.807, 2.05) is 62.4 Å². The molecule has 0 radical (unpaired) electrons. The van der Waals surface area contributed by atoms with E-state index in [9.17, 15) is 18.0 Å². The average molecular weight is 542 g/mol. The summed E-state index contributed by atoms with van der Waals surface area (Å²) in [6.07, 6.45) is 7.27. The van der Waals surface area contributed by atoms with E-state index < -0.39 is 16.1 Å². The zero-order valence-electron chi connectivity index (χ0n) is 23.3. The fraction of sp³-hybridized carbons (Fsp3) is 0.533. The summed E-state index contributed by atoms with van der Waals surface area (Å²) in [4.78, 5) is 28.6. The van der Waals surface area contributed by atoms with E-state index in [-0.39, 0.29) is 30.8 Å². The van der Waals surface area contributed by atoms with E-state index in [0.29, 0.717) is 25.1 Å². The van der Waals surface area contributed by atoms with Gasteiger partial charge in [0.15, 0.2) is 0 Å². The van der Waals surface area contributed by atoms with Crippen molar-refractivity contribution in [2.24, 2.45) is 0 Å². The molecule has 38 heavy (non-hydrogen) atoms. The van der Waals surface area contributed by atoms with Crippen molar-refractivity contribution >= 4 is 27.5 Å². The Bertz CT molecular complexity index is 1170. The molecule has 1 saturated carbocycles. The molecule has 1 N–H and O–H groups in total. The summed E-state index contributed by atoms with van der Waals surface area (Å²) in [7, 11) is -3.51.